The predicted molar refractivity (Wildman–Crippen MR) is 63.0 cm³/mol. The average Bonchev–Trinajstić information content (AvgIpc) is 2.72. The van der Waals surface area contributed by atoms with Gasteiger partial charge in [-0.3, -0.25) is 9.78 Å². The summed E-state index contributed by atoms with van der Waals surface area (Å²) < 4.78 is 1.84. The first-order valence-corrected chi connectivity index (χ1v) is 5.12. The molecule has 2 rings (SSSR count). The molecule has 2 heterocycles. The molecule has 6 heteroatoms. The van der Waals surface area contributed by atoms with Crippen LogP contribution in [-0.2, 0) is 13.6 Å². The van der Waals surface area contributed by atoms with Crippen LogP contribution in [0.15, 0.2) is 30.9 Å². The van der Waals surface area contributed by atoms with Gasteiger partial charge in [0.2, 0.25) is 0 Å². The van der Waals surface area contributed by atoms with E-state index in [4.69, 9.17) is 5.73 Å². The van der Waals surface area contributed by atoms with Crippen LogP contribution in [0.1, 0.15) is 16.2 Å². The molecule has 3 N–H and O–H groups in total. The zero-order chi connectivity index (χ0) is 12.3. The molecule has 0 aliphatic rings. The fourth-order valence-corrected chi connectivity index (χ4v) is 1.43. The summed E-state index contributed by atoms with van der Waals surface area (Å²) >= 11 is 0. The molecular weight excluding hydrogens is 218 g/mol. The van der Waals surface area contributed by atoms with Crippen LogP contribution in [0.25, 0.3) is 0 Å². The van der Waals surface area contributed by atoms with Gasteiger partial charge in [-0.15, -0.1) is 0 Å². The molecule has 0 fully saturated rings. The minimum absolute atomic E-state index is 0.229. The molecule has 0 atom stereocenters. The molecule has 0 aliphatic carbocycles. The maximum Gasteiger partial charge on any atom is 0.253 e. The van der Waals surface area contributed by atoms with Crippen LogP contribution in [-0.4, -0.2) is 20.4 Å². The number of rotatable bonds is 3. The summed E-state index contributed by atoms with van der Waals surface area (Å²) in [6.45, 7) is 0.365. The lowest BCUT2D eigenvalue weighted by atomic mass is 10.2. The van der Waals surface area contributed by atoms with E-state index in [1.165, 1.54) is 12.4 Å². The number of imidazole rings is 1. The Morgan fingerprint density at radius 2 is 2.35 bits per heavy atom. The minimum Gasteiger partial charge on any atom is -0.397 e. The van der Waals surface area contributed by atoms with Gasteiger partial charge in [0, 0.05) is 25.6 Å². The van der Waals surface area contributed by atoms with Crippen molar-refractivity contribution >= 4 is 11.6 Å². The van der Waals surface area contributed by atoms with Gasteiger partial charge < -0.3 is 15.6 Å². The number of hydrogen-bond donors (Lipinski definition) is 2. The number of amides is 1. The number of aryl methyl sites for hydroxylation is 1. The first-order valence-electron chi connectivity index (χ1n) is 5.12. The first-order chi connectivity index (χ1) is 8.18. The molecule has 6 nitrogen and oxygen atoms in total. The number of carbonyl (C=O) groups excluding carboxylic acids is 1. The second-order valence-corrected chi connectivity index (χ2v) is 3.60. The van der Waals surface area contributed by atoms with E-state index in [-0.39, 0.29) is 5.91 Å². The second kappa shape index (κ2) is 4.65. The lowest BCUT2D eigenvalue weighted by molar-refractivity contribution is 0.0950. The van der Waals surface area contributed by atoms with Gasteiger partial charge >= 0.3 is 0 Å². The fourth-order valence-electron chi connectivity index (χ4n) is 1.43. The van der Waals surface area contributed by atoms with Crippen molar-refractivity contribution in [1.82, 2.24) is 19.9 Å². The van der Waals surface area contributed by atoms with Crippen LogP contribution in [0.3, 0.4) is 0 Å². The van der Waals surface area contributed by atoms with Crippen molar-refractivity contribution in [2.24, 2.45) is 7.05 Å². The number of nitrogens with one attached hydrogen (secondary N) is 1. The molecule has 0 radical (unpaired) electrons. The van der Waals surface area contributed by atoms with Crippen molar-refractivity contribution < 1.29 is 4.79 Å². The smallest absolute Gasteiger partial charge is 0.253 e. The van der Waals surface area contributed by atoms with Gasteiger partial charge in [0.15, 0.2) is 0 Å². The summed E-state index contributed by atoms with van der Waals surface area (Å²) in [4.78, 5) is 19.8. The van der Waals surface area contributed by atoms with E-state index < -0.39 is 0 Å². The van der Waals surface area contributed by atoms with Crippen LogP contribution in [0, 0.1) is 0 Å². The third kappa shape index (κ3) is 2.41. The zero-order valence-electron chi connectivity index (χ0n) is 9.42. The van der Waals surface area contributed by atoms with Crippen LogP contribution in [0.2, 0.25) is 0 Å². The summed E-state index contributed by atoms with van der Waals surface area (Å²) in [6.07, 6.45) is 6.49. The summed E-state index contributed by atoms with van der Waals surface area (Å²) in [7, 11) is 1.87. The minimum atomic E-state index is -0.229. The number of pyridine rings is 1. The molecule has 1 amide bonds. The highest BCUT2D eigenvalue weighted by molar-refractivity contribution is 5.98. The Morgan fingerprint density at radius 1 is 1.53 bits per heavy atom. The topological polar surface area (TPSA) is 85.8 Å². The maximum absolute atomic E-state index is 11.8. The normalized spacial score (nSPS) is 10.2. The number of nitrogens with two attached hydrogens (primary N) is 1. The molecule has 0 bridgehead atoms. The summed E-state index contributed by atoms with van der Waals surface area (Å²) in [5.74, 6) is 0.555. The van der Waals surface area contributed by atoms with E-state index in [1.807, 2.05) is 17.8 Å². The SMILES string of the molecule is Cn1ccnc1CNC(=O)c1ccncc1N. The number of aromatic nitrogens is 3. The first kappa shape index (κ1) is 11.1. The molecule has 2 aromatic rings. The van der Waals surface area contributed by atoms with Gasteiger partial charge in [-0.2, -0.15) is 0 Å². The van der Waals surface area contributed by atoms with Gasteiger partial charge in [-0.25, -0.2) is 4.98 Å². The Morgan fingerprint density at radius 3 is 3.00 bits per heavy atom. The maximum atomic E-state index is 11.8. The van der Waals surface area contributed by atoms with Crippen LogP contribution in [0.5, 0.6) is 0 Å². The standard InChI is InChI=1S/C11H13N5O/c1-16-5-4-14-10(16)7-15-11(17)8-2-3-13-6-9(8)12/h2-6H,7,12H2,1H3,(H,15,17). The highest BCUT2D eigenvalue weighted by atomic mass is 16.1. The summed E-state index contributed by atoms with van der Waals surface area (Å²) in [6, 6.07) is 1.59. The van der Waals surface area contributed by atoms with Gasteiger partial charge in [-0.1, -0.05) is 0 Å². The monoisotopic (exact) mass is 231 g/mol. The van der Waals surface area contributed by atoms with E-state index in [0.717, 1.165) is 5.82 Å². The Kier molecular flexibility index (Phi) is 3.04. The van der Waals surface area contributed by atoms with E-state index in [2.05, 4.69) is 15.3 Å². The molecule has 0 aromatic carbocycles. The lowest BCUT2D eigenvalue weighted by Gasteiger charge is -2.06. The van der Waals surface area contributed by atoms with Gasteiger partial charge in [-0.05, 0) is 6.07 Å². The van der Waals surface area contributed by atoms with E-state index in [1.54, 1.807) is 12.3 Å². The van der Waals surface area contributed by atoms with Gasteiger partial charge in [0.25, 0.3) is 5.91 Å². The van der Waals surface area contributed by atoms with Crippen LogP contribution >= 0.6 is 0 Å². The predicted octanol–water partition coefficient (Wildman–Crippen LogP) is 0.327. The molecule has 0 aliphatic heterocycles. The number of hydrogen-bond acceptors (Lipinski definition) is 4. The summed E-state index contributed by atoms with van der Waals surface area (Å²) in [5, 5.41) is 2.75. The van der Waals surface area contributed by atoms with Crippen molar-refractivity contribution in [3.05, 3.63) is 42.2 Å². The highest BCUT2D eigenvalue weighted by Gasteiger charge is 2.09. The van der Waals surface area contributed by atoms with Gasteiger partial charge in [0.05, 0.1) is 24.0 Å². The number of anilines is 1. The summed E-state index contributed by atoms with van der Waals surface area (Å²) in [5.41, 5.74) is 6.45. The Balaban J connectivity index is 2.04. The van der Waals surface area contributed by atoms with E-state index in [9.17, 15) is 4.79 Å². The second-order valence-electron chi connectivity index (χ2n) is 3.60. The van der Waals surface area contributed by atoms with Crippen molar-refractivity contribution in [1.29, 1.82) is 0 Å². The molecule has 2 aromatic heterocycles. The van der Waals surface area contributed by atoms with Gasteiger partial charge in [0.1, 0.15) is 5.82 Å². The zero-order valence-corrected chi connectivity index (χ0v) is 9.42. The van der Waals surface area contributed by atoms with Crippen molar-refractivity contribution in [2.75, 3.05) is 5.73 Å². The molecule has 88 valence electrons. The Hall–Kier alpha value is -2.37. The lowest BCUT2D eigenvalue weighted by Crippen LogP contribution is -2.25. The molecular formula is C11H13N5O. The number of carbonyl (C=O) groups is 1. The average molecular weight is 231 g/mol. The molecule has 0 saturated carbocycles. The van der Waals surface area contributed by atoms with Crippen LogP contribution in [0.4, 0.5) is 5.69 Å². The fraction of sp³-hybridized carbons (Fsp3) is 0.182. The van der Waals surface area contributed by atoms with E-state index >= 15 is 0 Å². The van der Waals surface area contributed by atoms with Crippen molar-refractivity contribution in [3.8, 4) is 0 Å². The molecule has 17 heavy (non-hydrogen) atoms. The largest absolute Gasteiger partial charge is 0.397 e. The Bertz CT molecular complexity index is 534. The van der Waals surface area contributed by atoms with E-state index in [0.29, 0.717) is 17.8 Å². The van der Waals surface area contributed by atoms with Crippen molar-refractivity contribution in [3.63, 3.8) is 0 Å². The number of nitrogen functional groups attached to an aromatic ring is 1. The molecule has 0 unspecified atom stereocenters. The quantitative estimate of drug-likeness (QED) is 0.797. The molecule has 0 spiro atoms. The van der Waals surface area contributed by atoms with Crippen LogP contribution < -0.4 is 11.1 Å². The molecule has 0 saturated heterocycles. The Labute approximate surface area is 98.5 Å². The number of nitrogens with zero attached hydrogens (tertiary/aromatic N) is 3. The van der Waals surface area contributed by atoms with Crippen molar-refractivity contribution in [2.45, 2.75) is 6.54 Å². The third-order valence-electron chi connectivity index (χ3n) is 2.42. The highest BCUT2D eigenvalue weighted by Crippen LogP contribution is 2.08. The third-order valence-corrected chi connectivity index (χ3v) is 2.42.